The Hall–Kier alpha value is -3.76. The van der Waals surface area contributed by atoms with Gasteiger partial charge in [-0.05, 0) is 42.8 Å². The SMILES string of the molecule is CCOc1nc(N=NCc2ccc(OC)cc2)nc(Nc2cccc(C(F)(F)F)c2)n1. The fourth-order valence-corrected chi connectivity index (χ4v) is 2.45. The molecule has 0 unspecified atom stereocenters. The lowest BCUT2D eigenvalue weighted by Crippen LogP contribution is -2.06. The van der Waals surface area contributed by atoms with Gasteiger partial charge in [-0.15, -0.1) is 5.11 Å². The summed E-state index contributed by atoms with van der Waals surface area (Å²) in [6.45, 7) is 2.31. The van der Waals surface area contributed by atoms with Gasteiger partial charge >= 0.3 is 12.2 Å². The molecule has 0 spiro atoms. The molecule has 0 aliphatic rings. The summed E-state index contributed by atoms with van der Waals surface area (Å²) in [5.74, 6) is 0.669. The number of azo groups is 1. The second-order valence-corrected chi connectivity index (χ2v) is 6.13. The fourth-order valence-electron chi connectivity index (χ4n) is 2.45. The van der Waals surface area contributed by atoms with Crippen LogP contribution in [0.4, 0.5) is 30.8 Å². The Morgan fingerprint density at radius 2 is 1.81 bits per heavy atom. The lowest BCUT2D eigenvalue weighted by Gasteiger charge is -2.10. The standard InChI is InChI=1S/C20H19F3N6O2/c1-3-31-19-27-17(25-15-6-4-5-14(11-15)20(21,22)23)26-18(28-19)29-24-12-13-7-9-16(30-2)10-8-13/h4-11H,3,12H2,1-2H3,(H,25,26,27,28). The zero-order valence-electron chi connectivity index (χ0n) is 16.7. The Balaban J connectivity index is 1.78. The van der Waals surface area contributed by atoms with Crippen LogP contribution in [-0.4, -0.2) is 28.7 Å². The molecule has 1 heterocycles. The molecule has 0 radical (unpaired) electrons. The van der Waals surface area contributed by atoms with Gasteiger partial charge in [-0.25, -0.2) is 0 Å². The van der Waals surface area contributed by atoms with Gasteiger partial charge < -0.3 is 14.8 Å². The van der Waals surface area contributed by atoms with Crippen molar-refractivity contribution in [1.82, 2.24) is 15.0 Å². The quantitative estimate of drug-likeness (QED) is 0.484. The minimum absolute atomic E-state index is 0.0174. The van der Waals surface area contributed by atoms with E-state index in [4.69, 9.17) is 9.47 Å². The van der Waals surface area contributed by atoms with Crippen molar-refractivity contribution >= 4 is 17.6 Å². The highest BCUT2D eigenvalue weighted by atomic mass is 19.4. The van der Waals surface area contributed by atoms with Gasteiger partial charge in [0.2, 0.25) is 5.95 Å². The van der Waals surface area contributed by atoms with Gasteiger partial charge in [0.15, 0.2) is 0 Å². The molecule has 3 aromatic rings. The van der Waals surface area contributed by atoms with Crippen LogP contribution in [0.15, 0.2) is 58.8 Å². The molecule has 8 nitrogen and oxygen atoms in total. The smallest absolute Gasteiger partial charge is 0.416 e. The van der Waals surface area contributed by atoms with Crippen LogP contribution >= 0.6 is 0 Å². The van der Waals surface area contributed by atoms with Crippen LogP contribution in [0.1, 0.15) is 18.1 Å². The van der Waals surface area contributed by atoms with Crippen LogP contribution in [0.5, 0.6) is 11.8 Å². The van der Waals surface area contributed by atoms with Crippen molar-refractivity contribution in [2.75, 3.05) is 19.0 Å². The van der Waals surface area contributed by atoms with Crippen LogP contribution in [0, 0.1) is 0 Å². The van der Waals surface area contributed by atoms with Crippen LogP contribution < -0.4 is 14.8 Å². The predicted molar refractivity (Wildman–Crippen MR) is 107 cm³/mol. The summed E-state index contributed by atoms with van der Waals surface area (Å²) in [4.78, 5) is 12.2. The number of methoxy groups -OCH3 is 1. The number of aromatic nitrogens is 3. The molecule has 0 aliphatic carbocycles. The minimum Gasteiger partial charge on any atom is -0.497 e. The van der Waals surface area contributed by atoms with Crippen LogP contribution in [0.25, 0.3) is 0 Å². The van der Waals surface area contributed by atoms with Gasteiger partial charge in [-0.1, -0.05) is 18.2 Å². The van der Waals surface area contributed by atoms with E-state index in [1.807, 2.05) is 12.1 Å². The Morgan fingerprint density at radius 3 is 2.48 bits per heavy atom. The van der Waals surface area contributed by atoms with E-state index in [0.29, 0.717) is 0 Å². The number of benzene rings is 2. The second-order valence-electron chi connectivity index (χ2n) is 6.13. The number of ether oxygens (including phenoxy) is 2. The Kier molecular flexibility index (Phi) is 6.96. The molecular weight excluding hydrogens is 413 g/mol. The van der Waals surface area contributed by atoms with Crippen molar-refractivity contribution in [2.45, 2.75) is 19.6 Å². The van der Waals surface area contributed by atoms with Crippen molar-refractivity contribution in [3.05, 3.63) is 59.7 Å². The van der Waals surface area contributed by atoms with Crippen molar-refractivity contribution in [3.63, 3.8) is 0 Å². The molecule has 11 heteroatoms. The minimum atomic E-state index is -4.46. The van der Waals surface area contributed by atoms with Crippen LogP contribution in [0.3, 0.4) is 0 Å². The maximum atomic E-state index is 12.9. The summed E-state index contributed by atoms with van der Waals surface area (Å²) in [6, 6.07) is 11.9. The van der Waals surface area contributed by atoms with Crippen molar-refractivity contribution in [3.8, 4) is 11.8 Å². The van der Waals surface area contributed by atoms with Gasteiger partial charge in [-0.2, -0.15) is 33.2 Å². The third kappa shape index (κ3) is 6.36. The molecular formula is C20H19F3N6O2. The molecule has 0 saturated carbocycles. The lowest BCUT2D eigenvalue weighted by atomic mass is 10.2. The summed E-state index contributed by atoms with van der Waals surface area (Å²) < 4.78 is 49.2. The first-order chi connectivity index (χ1) is 14.9. The number of hydrogen-bond donors (Lipinski definition) is 1. The van der Waals surface area contributed by atoms with Gasteiger partial charge in [0, 0.05) is 5.69 Å². The van der Waals surface area contributed by atoms with E-state index in [9.17, 15) is 13.2 Å². The zero-order valence-corrected chi connectivity index (χ0v) is 16.7. The predicted octanol–water partition coefficient (Wildman–Crippen LogP) is 5.33. The first-order valence-corrected chi connectivity index (χ1v) is 9.21. The first-order valence-electron chi connectivity index (χ1n) is 9.21. The van der Waals surface area contributed by atoms with Crippen LogP contribution in [-0.2, 0) is 12.7 Å². The number of halogens is 3. The monoisotopic (exact) mass is 432 g/mol. The van der Waals surface area contributed by atoms with Gasteiger partial charge in [0.1, 0.15) is 5.75 Å². The van der Waals surface area contributed by atoms with Crippen molar-refractivity contribution in [2.24, 2.45) is 10.2 Å². The normalized spacial score (nSPS) is 11.5. The van der Waals surface area contributed by atoms with E-state index < -0.39 is 11.7 Å². The third-order valence-corrected chi connectivity index (χ3v) is 3.90. The number of hydrogen-bond acceptors (Lipinski definition) is 8. The third-order valence-electron chi connectivity index (χ3n) is 3.90. The van der Waals surface area contributed by atoms with E-state index in [0.717, 1.165) is 23.4 Å². The summed E-state index contributed by atoms with van der Waals surface area (Å²) in [5, 5.41) is 10.8. The highest BCUT2D eigenvalue weighted by Gasteiger charge is 2.30. The first kappa shape index (κ1) is 21.9. The Bertz CT molecular complexity index is 1040. The molecule has 0 atom stereocenters. The Morgan fingerprint density at radius 1 is 1.03 bits per heavy atom. The largest absolute Gasteiger partial charge is 0.497 e. The fraction of sp³-hybridized carbons (Fsp3) is 0.250. The highest BCUT2D eigenvalue weighted by molar-refractivity contribution is 5.55. The molecule has 31 heavy (non-hydrogen) atoms. The topological polar surface area (TPSA) is 93.9 Å². The van der Waals surface area contributed by atoms with E-state index >= 15 is 0 Å². The maximum Gasteiger partial charge on any atom is 0.416 e. The number of anilines is 2. The highest BCUT2D eigenvalue weighted by Crippen LogP contribution is 2.31. The van der Waals surface area contributed by atoms with Crippen molar-refractivity contribution < 1.29 is 22.6 Å². The maximum absolute atomic E-state index is 12.9. The molecule has 0 bridgehead atoms. The molecule has 0 saturated heterocycles. The van der Waals surface area contributed by atoms with Gasteiger partial charge in [-0.3, -0.25) is 0 Å². The summed E-state index contributed by atoms with van der Waals surface area (Å²) in [5.41, 5.74) is 0.256. The zero-order chi connectivity index (χ0) is 22.3. The summed E-state index contributed by atoms with van der Waals surface area (Å²) in [6.07, 6.45) is -4.46. The molecule has 1 N–H and O–H groups in total. The summed E-state index contributed by atoms with van der Waals surface area (Å²) in [7, 11) is 1.58. The number of nitrogens with zero attached hydrogens (tertiary/aromatic N) is 5. The average molecular weight is 432 g/mol. The molecule has 0 aliphatic heterocycles. The molecule has 162 valence electrons. The van der Waals surface area contributed by atoms with E-state index in [-0.39, 0.29) is 36.7 Å². The van der Waals surface area contributed by atoms with Gasteiger partial charge in [0.25, 0.3) is 5.95 Å². The molecule has 0 fully saturated rings. The summed E-state index contributed by atoms with van der Waals surface area (Å²) >= 11 is 0. The van der Waals surface area contributed by atoms with Crippen molar-refractivity contribution in [1.29, 1.82) is 0 Å². The average Bonchev–Trinajstić information content (AvgIpc) is 2.74. The van der Waals surface area contributed by atoms with E-state index in [1.165, 1.54) is 12.1 Å². The Labute approximate surface area is 176 Å². The molecule has 3 rings (SSSR count). The molecule has 0 amide bonds. The number of nitrogens with one attached hydrogen (secondary N) is 1. The van der Waals surface area contributed by atoms with Gasteiger partial charge in [0.05, 0.1) is 25.8 Å². The lowest BCUT2D eigenvalue weighted by molar-refractivity contribution is -0.137. The number of alkyl halides is 3. The van der Waals surface area contributed by atoms with E-state index in [2.05, 4.69) is 30.5 Å². The van der Waals surface area contributed by atoms with Crippen LogP contribution in [0.2, 0.25) is 0 Å². The van der Waals surface area contributed by atoms with E-state index in [1.54, 1.807) is 26.2 Å². The molecule has 1 aromatic heterocycles. The number of rotatable bonds is 8. The second kappa shape index (κ2) is 9.83. The molecule has 2 aromatic carbocycles.